The first-order valence-electron chi connectivity index (χ1n) is 4.20. The standard InChI is InChI=1S/C8H8BrN5O3/c9-6-2-5(14(16)17)1-4(7(6)15)3-12-13-8(10)11/h1-3,15H,(H4,10,11,13). The highest BCUT2D eigenvalue weighted by molar-refractivity contribution is 9.10. The molecule has 0 heterocycles. The molecule has 0 aliphatic heterocycles. The maximum absolute atomic E-state index is 10.6. The van der Waals surface area contributed by atoms with Crippen molar-refractivity contribution in [2.45, 2.75) is 0 Å². The molecule has 0 bridgehead atoms. The highest BCUT2D eigenvalue weighted by Gasteiger charge is 2.13. The van der Waals surface area contributed by atoms with Crippen molar-refractivity contribution in [3.05, 3.63) is 32.3 Å². The number of guanidine groups is 1. The van der Waals surface area contributed by atoms with Gasteiger partial charge in [0.2, 0.25) is 5.96 Å². The molecule has 0 saturated carbocycles. The Hall–Kier alpha value is -2.16. The molecular weight excluding hydrogens is 294 g/mol. The van der Waals surface area contributed by atoms with Gasteiger partial charge in [0, 0.05) is 17.7 Å². The maximum atomic E-state index is 10.6. The molecule has 0 atom stereocenters. The van der Waals surface area contributed by atoms with E-state index in [1.807, 2.05) is 0 Å². The summed E-state index contributed by atoms with van der Waals surface area (Å²) >= 11 is 2.98. The summed E-state index contributed by atoms with van der Waals surface area (Å²) < 4.78 is 0.179. The Labute approximate surface area is 104 Å². The fraction of sp³-hybridized carbons (Fsp3) is 0. The van der Waals surface area contributed by atoms with Gasteiger partial charge in [0.1, 0.15) is 5.75 Å². The van der Waals surface area contributed by atoms with Gasteiger partial charge < -0.3 is 16.6 Å². The zero-order valence-electron chi connectivity index (χ0n) is 8.37. The molecular formula is C8H8BrN5O3. The monoisotopic (exact) mass is 301 g/mol. The van der Waals surface area contributed by atoms with Crippen molar-refractivity contribution in [3.8, 4) is 5.75 Å². The van der Waals surface area contributed by atoms with Gasteiger partial charge in [0.25, 0.3) is 5.69 Å². The number of hydrogen-bond donors (Lipinski definition) is 3. The summed E-state index contributed by atoms with van der Waals surface area (Å²) in [6.07, 6.45) is 1.10. The molecule has 1 aromatic carbocycles. The first kappa shape index (κ1) is 12.9. The first-order chi connectivity index (χ1) is 7.91. The summed E-state index contributed by atoms with van der Waals surface area (Å²) in [5, 5.41) is 27.0. The SMILES string of the molecule is NC(N)=NN=Cc1cc([N+](=O)[O-])cc(Br)c1O. The van der Waals surface area contributed by atoms with Gasteiger partial charge >= 0.3 is 0 Å². The molecule has 1 rings (SSSR count). The molecule has 17 heavy (non-hydrogen) atoms. The number of phenolic OH excluding ortho intramolecular Hbond substituents is 1. The predicted molar refractivity (Wildman–Crippen MR) is 65.9 cm³/mol. The highest BCUT2D eigenvalue weighted by Crippen LogP contribution is 2.31. The number of nitrogens with zero attached hydrogens (tertiary/aromatic N) is 3. The summed E-state index contributed by atoms with van der Waals surface area (Å²) in [5.74, 6) is -0.449. The third kappa shape index (κ3) is 3.41. The van der Waals surface area contributed by atoms with Crippen LogP contribution in [0.4, 0.5) is 5.69 Å². The van der Waals surface area contributed by atoms with Crippen molar-refractivity contribution in [3.63, 3.8) is 0 Å². The Balaban J connectivity index is 3.19. The number of aromatic hydroxyl groups is 1. The summed E-state index contributed by atoms with van der Waals surface area (Å²) in [4.78, 5) is 9.99. The van der Waals surface area contributed by atoms with Crippen LogP contribution in [0.15, 0.2) is 26.8 Å². The van der Waals surface area contributed by atoms with Gasteiger partial charge in [-0.2, -0.15) is 5.10 Å². The van der Waals surface area contributed by atoms with E-state index >= 15 is 0 Å². The van der Waals surface area contributed by atoms with Crippen molar-refractivity contribution in [1.29, 1.82) is 0 Å². The number of benzene rings is 1. The second-order valence-corrected chi connectivity index (χ2v) is 3.75. The normalized spacial score (nSPS) is 10.4. The number of rotatable bonds is 3. The van der Waals surface area contributed by atoms with E-state index in [-0.39, 0.29) is 27.4 Å². The van der Waals surface area contributed by atoms with Crippen molar-refractivity contribution in [2.75, 3.05) is 0 Å². The molecule has 0 unspecified atom stereocenters. The molecule has 5 N–H and O–H groups in total. The van der Waals surface area contributed by atoms with Crippen LogP contribution in [0.25, 0.3) is 0 Å². The van der Waals surface area contributed by atoms with Crippen molar-refractivity contribution in [1.82, 2.24) is 0 Å². The lowest BCUT2D eigenvalue weighted by Crippen LogP contribution is -2.21. The van der Waals surface area contributed by atoms with Crippen molar-refractivity contribution >= 4 is 33.8 Å². The van der Waals surface area contributed by atoms with Gasteiger partial charge in [0.05, 0.1) is 15.6 Å². The molecule has 1 aromatic rings. The van der Waals surface area contributed by atoms with Crippen LogP contribution in [0.1, 0.15) is 5.56 Å². The minimum Gasteiger partial charge on any atom is -0.506 e. The lowest BCUT2D eigenvalue weighted by molar-refractivity contribution is -0.385. The third-order valence-electron chi connectivity index (χ3n) is 1.66. The van der Waals surface area contributed by atoms with E-state index in [9.17, 15) is 15.2 Å². The topological polar surface area (TPSA) is 140 Å². The quantitative estimate of drug-likeness (QED) is 0.326. The fourth-order valence-corrected chi connectivity index (χ4v) is 1.43. The lowest BCUT2D eigenvalue weighted by Gasteiger charge is -2.01. The van der Waals surface area contributed by atoms with E-state index in [4.69, 9.17) is 11.5 Å². The van der Waals surface area contributed by atoms with E-state index in [0.717, 1.165) is 12.3 Å². The number of nitro benzene ring substituents is 1. The molecule has 0 saturated heterocycles. The van der Waals surface area contributed by atoms with Gasteiger partial charge in [-0.3, -0.25) is 10.1 Å². The van der Waals surface area contributed by atoms with Gasteiger partial charge in [0.15, 0.2) is 0 Å². The number of nitro groups is 1. The van der Waals surface area contributed by atoms with Gasteiger partial charge in [-0.15, -0.1) is 5.10 Å². The van der Waals surface area contributed by atoms with Gasteiger partial charge in [-0.25, -0.2) is 0 Å². The zero-order valence-corrected chi connectivity index (χ0v) is 9.96. The van der Waals surface area contributed by atoms with Crippen molar-refractivity contribution < 1.29 is 10.0 Å². The van der Waals surface area contributed by atoms with Gasteiger partial charge in [-0.05, 0) is 15.9 Å². The van der Waals surface area contributed by atoms with Crippen LogP contribution in [0.5, 0.6) is 5.75 Å². The second-order valence-electron chi connectivity index (χ2n) is 2.89. The van der Waals surface area contributed by atoms with Crippen molar-refractivity contribution in [2.24, 2.45) is 21.7 Å². The number of phenols is 1. The van der Waals surface area contributed by atoms with Crippen LogP contribution in [0.3, 0.4) is 0 Å². The predicted octanol–water partition coefficient (Wildman–Crippen LogP) is 0.670. The smallest absolute Gasteiger partial charge is 0.271 e. The van der Waals surface area contributed by atoms with E-state index in [1.165, 1.54) is 6.07 Å². The molecule has 8 nitrogen and oxygen atoms in total. The Kier molecular flexibility index (Phi) is 3.99. The molecule has 9 heteroatoms. The molecule has 0 radical (unpaired) electrons. The highest BCUT2D eigenvalue weighted by atomic mass is 79.9. The zero-order chi connectivity index (χ0) is 13.0. The average Bonchev–Trinajstić information content (AvgIpc) is 2.23. The van der Waals surface area contributed by atoms with E-state index in [1.54, 1.807) is 0 Å². The van der Waals surface area contributed by atoms with E-state index < -0.39 is 4.92 Å². The van der Waals surface area contributed by atoms with Crippen LogP contribution >= 0.6 is 15.9 Å². The van der Waals surface area contributed by atoms with Crippen LogP contribution in [-0.2, 0) is 0 Å². The molecule has 0 spiro atoms. The minimum absolute atomic E-state index is 0.121. The minimum atomic E-state index is -0.595. The Morgan fingerprint density at radius 3 is 2.71 bits per heavy atom. The van der Waals surface area contributed by atoms with E-state index in [2.05, 4.69) is 26.1 Å². The number of hydrogen-bond acceptors (Lipinski definition) is 5. The van der Waals surface area contributed by atoms with Crippen LogP contribution < -0.4 is 11.5 Å². The number of non-ortho nitro benzene ring substituents is 1. The lowest BCUT2D eigenvalue weighted by atomic mass is 10.2. The third-order valence-corrected chi connectivity index (χ3v) is 2.26. The fourth-order valence-electron chi connectivity index (χ4n) is 0.967. The Morgan fingerprint density at radius 2 is 2.18 bits per heavy atom. The van der Waals surface area contributed by atoms with Crippen LogP contribution in [0.2, 0.25) is 0 Å². The summed E-state index contributed by atoms with van der Waals surface area (Å²) in [7, 11) is 0. The Morgan fingerprint density at radius 1 is 1.53 bits per heavy atom. The molecule has 0 aromatic heterocycles. The second kappa shape index (κ2) is 5.25. The molecule has 90 valence electrons. The van der Waals surface area contributed by atoms with Gasteiger partial charge in [-0.1, -0.05) is 0 Å². The molecule has 0 aliphatic rings. The Bertz CT molecular complexity index is 510. The summed E-state index contributed by atoms with van der Waals surface area (Å²) in [6, 6.07) is 2.32. The molecule has 0 amide bonds. The number of nitrogens with two attached hydrogens (primary N) is 2. The van der Waals surface area contributed by atoms with E-state index in [0.29, 0.717) is 0 Å². The largest absolute Gasteiger partial charge is 0.506 e. The molecule has 0 fully saturated rings. The van der Waals surface area contributed by atoms with Crippen LogP contribution in [-0.4, -0.2) is 22.2 Å². The molecule has 0 aliphatic carbocycles. The number of halogens is 1. The van der Waals surface area contributed by atoms with Crippen LogP contribution in [0, 0.1) is 10.1 Å². The maximum Gasteiger partial charge on any atom is 0.271 e. The summed E-state index contributed by atoms with van der Waals surface area (Å²) in [6.45, 7) is 0. The average molecular weight is 302 g/mol. The first-order valence-corrected chi connectivity index (χ1v) is 5.00. The summed E-state index contributed by atoms with van der Waals surface area (Å²) in [5.41, 5.74) is 10.0.